The monoisotopic (exact) mass is 333 g/mol. The first kappa shape index (κ1) is 15.2. The summed E-state index contributed by atoms with van der Waals surface area (Å²) in [5.41, 5.74) is 3.39. The highest BCUT2D eigenvalue weighted by molar-refractivity contribution is 7.09. The molecule has 2 fully saturated rings. The molecule has 1 atom stereocenters. The van der Waals surface area contributed by atoms with Gasteiger partial charge in [-0.25, -0.2) is 4.98 Å². The normalized spacial score (nSPS) is 24.5. The molecule has 2 aliphatic heterocycles. The third kappa shape index (κ3) is 2.70. The van der Waals surface area contributed by atoms with Gasteiger partial charge in [-0.05, 0) is 25.2 Å². The zero-order chi connectivity index (χ0) is 15.9. The van der Waals surface area contributed by atoms with Crippen molar-refractivity contribution in [1.82, 2.24) is 24.6 Å². The molecule has 0 aromatic carbocycles. The van der Waals surface area contributed by atoms with Crippen LogP contribution in [-0.4, -0.2) is 51.0 Å². The van der Waals surface area contributed by atoms with Gasteiger partial charge in [0.05, 0.1) is 11.2 Å². The summed E-state index contributed by atoms with van der Waals surface area (Å²) in [6.07, 6.45) is 4.05. The molecule has 4 heterocycles. The first-order valence-electron chi connectivity index (χ1n) is 8.21. The fraction of sp³-hybridized carbons (Fsp3) is 0.688. The Kier molecular flexibility index (Phi) is 3.95. The molecule has 124 valence electrons. The van der Waals surface area contributed by atoms with Crippen molar-refractivity contribution in [2.24, 2.45) is 12.5 Å². The van der Waals surface area contributed by atoms with E-state index in [1.165, 1.54) is 4.88 Å². The van der Waals surface area contributed by atoms with E-state index >= 15 is 0 Å². The lowest BCUT2D eigenvalue weighted by Crippen LogP contribution is -2.36. The second-order valence-electron chi connectivity index (χ2n) is 6.86. The van der Waals surface area contributed by atoms with E-state index in [2.05, 4.69) is 38.6 Å². The van der Waals surface area contributed by atoms with Crippen molar-refractivity contribution in [2.75, 3.05) is 26.3 Å². The first-order valence-corrected chi connectivity index (χ1v) is 9.09. The average molecular weight is 333 g/mol. The molecule has 0 amide bonds. The van der Waals surface area contributed by atoms with E-state index in [9.17, 15) is 0 Å². The van der Waals surface area contributed by atoms with E-state index in [0.717, 1.165) is 57.2 Å². The van der Waals surface area contributed by atoms with Crippen molar-refractivity contribution < 1.29 is 4.74 Å². The fourth-order valence-electron chi connectivity index (χ4n) is 4.12. The van der Waals surface area contributed by atoms with Crippen molar-refractivity contribution in [2.45, 2.75) is 32.2 Å². The van der Waals surface area contributed by atoms with Crippen LogP contribution in [0.15, 0.2) is 11.8 Å². The average Bonchev–Trinajstić information content (AvgIpc) is 3.22. The van der Waals surface area contributed by atoms with Crippen molar-refractivity contribution in [1.29, 1.82) is 0 Å². The maximum absolute atomic E-state index is 5.64. The van der Waals surface area contributed by atoms with Gasteiger partial charge in [0.1, 0.15) is 12.2 Å². The Morgan fingerprint density at radius 1 is 1.39 bits per heavy atom. The Morgan fingerprint density at radius 2 is 2.22 bits per heavy atom. The highest BCUT2D eigenvalue weighted by Gasteiger charge is 2.49. The number of hydrogen-bond acceptors (Lipinski definition) is 6. The van der Waals surface area contributed by atoms with E-state index in [1.54, 1.807) is 11.3 Å². The molecule has 0 aliphatic carbocycles. The maximum Gasteiger partial charge on any atom is 0.137 e. The molecule has 4 rings (SSSR count). The Bertz CT molecular complexity index is 676. The van der Waals surface area contributed by atoms with Gasteiger partial charge >= 0.3 is 0 Å². The molecule has 0 N–H and O–H groups in total. The van der Waals surface area contributed by atoms with Gasteiger partial charge in [-0.3, -0.25) is 4.90 Å². The van der Waals surface area contributed by atoms with E-state index in [0.29, 0.717) is 5.92 Å². The van der Waals surface area contributed by atoms with Gasteiger partial charge in [0, 0.05) is 50.7 Å². The van der Waals surface area contributed by atoms with Crippen LogP contribution in [-0.2, 0) is 18.3 Å². The molecule has 0 radical (unpaired) electrons. The molecule has 23 heavy (non-hydrogen) atoms. The minimum absolute atomic E-state index is 0.275. The van der Waals surface area contributed by atoms with Crippen molar-refractivity contribution >= 4 is 11.3 Å². The zero-order valence-corrected chi connectivity index (χ0v) is 14.6. The molecule has 7 heteroatoms. The number of rotatable bonds is 3. The molecule has 2 saturated heterocycles. The van der Waals surface area contributed by atoms with Crippen LogP contribution in [0.5, 0.6) is 0 Å². The molecule has 2 aliphatic rings. The van der Waals surface area contributed by atoms with Crippen LogP contribution in [0.4, 0.5) is 0 Å². The first-order chi connectivity index (χ1) is 11.2. The summed E-state index contributed by atoms with van der Waals surface area (Å²) < 4.78 is 7.73. The van der Waals surface area contributed by atoms with Gasteiger partial charge in [-0.1, -0.05) is 0 Å². The highest BCUT2D eigenvalue weighted by Crippen LogP contribution is 2.49. The Labute approximate surface area is 140 Å². The van der Waals surface area contributed by atoms with E-state index in [4.69, 9.17) is 4.74 Å². The van der Waals surface area contributed by atoms with Crippen LogP contribution in [0.1, 0.15) is 35.2 Å². The van der Waals surface area contributed by atoms with Crippen LogP contribution >= 0.6 is 11.3 Å². The summed E-state index contributed by atoms with van der Waals surface area (Å²) in [5.74, 6) is 1.56. The summed E-state index contributed by atoms with van der Waals surface area (Å²) in [5, 5.41) is 8.55. The minimum atomic E-state index is 0.275. The van der Waals surface area contributed by atoms with E-state index in [-0.39, 0.29) is 5.41 Å². The van der Waals surface area contributed by atoms with Crippen LogP contribution in [0.25, 0.3) is 0 Å². The third-order valence-corrected chi connectivity index (χ3v) is 6.40. The number of nitrogens with zero attached hydrogens (tertiary/aromatic N) is 5. The summed E-state index contributed by atoms with van der Waals surface area (Å²) in [4.78, 5) is 8.35. The van der Waals surface area contributed by atoms with Crippen molar-refractivity contribution in [3.05, 3.63) is 28.2 Å². The van der Waals surface area contributed by atoms with Crippen LogP contribution < -0.4 is 0 Å². The molecule has 2 aromatic heterocycles. The van der Waals surface area contributed by atoms with Gasteiger partial charge in [0.15, 0.2) is 0 Å². The van der Waals surface area contributed by atoms with Gasteiger partial charge in [0.25, 0.3) is 0 Å². The van der Waals surface area contributed by atoms with E-state index in [1.807, 2.05) is 11.8 Å². The van der Waals surface area contributed by atoms with Crippen molar-refractivity contribution in [3.63, 3.8) is 0 Å². The van der Waals surface area contributed by atoms with Gasteiger partial charge in [0.2, 0.25) is 0 Å². The Morgan fingerprint density at radius 3 is 2.87 bits per heavy atom. The second-order valence-corrected chi connectivity index (χ2v) is 7.80. The maximum atomic E-state index is 5.64. The lowest BCUT2D eigenvalue weighted by Gasteiger charge is -2.37. The molecular weight excluding hydrogens is 310 g/mol. The number of likely N-dealkylation sites (tertiary alicyclic amines) is 1. The molecule has 6 nitrogen and oxygen atoms in total. The summed E-state index contributed by atoms with van der Waals surface area (Å²) in [6.45, 7) is 6.98. The lowest BCUT2D eigenvalue weighted by atomic mass is 9.72. The third-order valence-electron chi connectivity index (χ3n) is 5.48. The van der Waals surface area contributed by atoms with Crippen LogP contribution in [0.3, 0.4) is 0 Å². The van der Waals surface area contributed by atoms with Gasteiger partial charge in [-0.15, -0.1) is 21.5 Å². The van der Waals surface area contributed by atoms with E-state index < -0.39 is 0 Å². The quantitative estimate of drug-likeness (QED) is 0.860. The number of thiazole rings is 1. The van der Waals surface area contributed by atoms with Crippen molar-refractivity contribution in [3.8, 4) is 0 Å². The van der Waals surface area contributed by atoms with Gasteiger partial charge in [-0.2, -0.15) is 0 Å². The SMILES string of the molecule is Cc1ncsc1CN1CC(c2nncn2C)C2(CCOCC2)C1. The molecule has 2 aromatic rings. The topological polar surface area (TPSA) is 56.1 Å². The van der Waals surface area contributed by atoms with Crippen LogP contribution in [0, 0.1) is 12.3 Å². The van der Waals surface area contributed by atoms with Crippen LogP contribution in [0.2, 0.25) is 0 Å². The Hall–Kier alpha value is -1.31. The lowest BCUT2D eigenvalue weighted by molar-refractivity contribution is 0.0106. The molecular formula is C16H23N5OS. The molecule has 1 spiro atoms. The predicted octanol–water partition coefficient (Wildman–Crippen LogP) is 1.98. The molecule has 0 bridgehead atoms. The largest absolute Gasteiger partial charge is 0.381 e. The molecule has 0 saturated carbocycles. The highest BCUT2D eigenvalue weighted by atomic mass is 32.1. The predicted molar refractivity (Wildman–Crippen MR) is 88.4 cm³/mol. The number of hydrogen-bond donors (Lipinski definition) is 0. The number of ether oxygens (including phenoxy) is 1. The Balaban J connectivity index is 1.61. The molecule has 1 unspecified atom stereocenters. The summed E-state index contributed by atoms with van der Waals surface area (Å²) in [6, 6.07) is 0. The smallest absolute Gasteiger partial charge is 0.137 e. The van der Waals surface area contributed by atoms with Gasteiger partial charge < -0.3 is 9.30 Å². The number of aromatic nitrogens is 4. The second kappa shape index (κ2) is 5.96. The zero-order valence-electron chi connectivity index (χ0n) is 13.7. The fourth-order valence-corrected chi connectivity index (χ4v) is 4.94. The minimum Gasteiger partial charge on any atom is -0.381 e. The summed E-state index contributed by atoms with van der Waals surface area (Å²) >= 11 is 1.76. The summed E-state index contributed by atoms with van der Waals surface area (Å²) in [7, 11) is 2.05. The number of aryl methyl sites for hydroxylation is 2. The standard InChI is InChI=1S/C16H23N5OS/c1-12-14(23-11-17-12)8-21-7-13(15-19-18-10-20(15)2)16(9-21)3-5-22-6-4-16/h10-11,13H,3-9H2,1-2H3.